The van der Waals surface area contributed by atoms with E-state index in [1.54, 1.807) is 4.90 Å². The lowest BCUT2D eigenvalue weighted by Gasteiger charge is -2.17. The molecule has 2 heteroatoms. The van der Waals surface area contributed by atoms with Crippen molar-refractivity contribution in [3.05, 3.63) is 42.5 Å². The molecule has 0 atom stereocenters. The predicted molar refractivity (Wildman–Crippen MR) is 88.1 cm³/mol. The van der Waals surface area contributed by atoms with Crippen molar-refractivity contribution in [2.24, 2.45) is 0 Å². The Kier molecular flexibility index (Phi) is 5.12. The van der Waals surface area contributed by atoms with Crippen molar-refractivity contribution in [2.45, 2.75) is 32.1 Å². The van der Waals surface area contributed by atoms with E-state index in [1.165, 1.54) is 56.1 Å². The van der Waals surface area contributed by atoms with Crippen LogP contribution in [0.15, 0.2) is 42.5 Å². The highest BCUT2D eigenvalue weighted by atomic mass is 16.5. The summed E-state index contributed by atoms with van der Waals surface area (Å²) in [7, 11) is 0. The molecule has 1 fully saturated rings. The third-order valence-electron chi connectivity index (χ3n) is 4.49. The molecule has 2 aromatic rings. The Hall–Kier alpha value is -1.54. The second-order valence-electron chi connectivity index (χ2n) is 6.09. The smallest absolute Gasteiger partial charge is 0.127 e. The topological polar surface area (TPSA) is 13.7 Å². The number of hydrogen-bond acceptors (Lipinski definition) is 1. The van der Waals surface area contributed by atoms with Crippen LogP contribution in [0.25, 0.3) is 10.8 Å². The first kappa shape index (κ1) is 14.4. The van der Waals surface area contributed by atoms with Crippen LogP contribution >= 0.6 is 0 Å². The van der Waals surface area contributed by atoms with Crippen molar-refractivity contribution < 1.29 is 9.64 Å². The van der Waals surface area contributed by atoms with Crippen LogP contribution in [0.5, 0.6) is 5.75 Å². The van der Waals surface area contributed by atoms with Crippen molar-refractivity contribution in [3.63, 3.8) is 0 Å². The van der Waals surface area contributed by atoms with Gasteiger partial charge in [0.25, 0.3) is 0 Å². The molecule has 0 radical (unpaired) electrons. The van der Waals surface area contributed by atoms with Gasteiger partial charge in [0.2, 0.25) is 0 Å². The number of rotatable bonds is 5. The van der Waals surface area contributed by atoms with Crippen molar-refractivity contribution in [1.29, 1.82) is 0 Å². The highest BCUT2D eigenvalue weighted by molar-refractivity contribution is 5.88. The minimum absolute atomic E-state index is 0.831. The molecule has 112 valence electrons. The van der Waals surface area contributed by atoms with Gasteiger partial charge in [0.1, 0.15) is 5.75 Å². The monoisotopic (exact) mass is 284 g/mol. The fraction of sp³-hybridized carbons (Fsp3) is 0.474. The minimum Gasteiger partial charge on any atom is -0.493 e. The van der Waals surface area contributed by atoms with Gasteiger partial charge in [-0.3, -0.25) is 0 Å². The van der Waals surface area contributed by atoms with Gasteiger partial charge in [0.05, 0.1) is 26.2 Å². The Morgan fingerprint density at radius 3 is 2.48 bits per heavy atom. The first-order chi connectivity index (χ1) is 10.4. The molecule has 1 aliphatic rings. The molecule has 1 saturated heterocycles. The van der Waals surface area contributed by atoms with Crippen LogP contribution < -0.4 is 9.64 Å². The Bertz CT molecular complexity index is 553. The normalized spacial score (nSPS) is 16.8. The second kappa shape index (κ2) is 7.46. The van der Waals surface area contributed by atoms with Crippen molar-refractivity contribution >= 4 is 10.8 Å². The lowest BCUT2D eigenvalue weighted by atomic mass is 10.1. The molecule has 0 amide bonds. The fourth-order valence-electron chi connectivity index (χ4n) is 3.30. The van der Waals surface area contributed by atoms with Gasteiger partial charge < -0.3 is 9.64 Å². The van der Waals surface area contributed by atoms with Gasteiger partial charge in [-0.15, -0.1) is 0 Å². The summed E-state index contributed by atoms with van der Waals surface area (Å²) >= 11 is 0. The summed E-state index contributed by atoms with van der Waals surface area (Å²) in [5, 5.41) is 2.48. The van der Waals surface area contributed by atoms with Gasteiger partial charge in [-0.25, -0.2) is 0 Å². The van der Waals surface area contributed by atoms with Gasteiger partial charge in [0.15, 0.2) is 0 Å². The van der Waals surface area contributed by atoms with Gasteiger partial charge in [0, 0.05) is 11.8 Å². The van der Waals surface area contributed by atoms with E-state index >= 15 is 0 Å². The summed E-state index contributed by atoms with van der Waals surface area (Å²) in [6.45, 7) is 4.80. The predicted octanol–water partition coefficient (Wildman–Crippen LogP) is 3.07. The quantitative estimate of drug-likeness (QED) is 0.833. The molecule has 0 saturated carbocycles. The molecule has 1 aliphatic heterocycles. The minimum atomic E-state index is 0.831. The van der Waals surface area contributed by atoms with Crippen molar-refractivity contribution in [1.82, 2.24) is 0 Å². The molecular formula is C19H26NO+. The maximum atomic E-state index is 6.03. The molecular weight excluding hydrogens is 258 g/mol. The lowest BCUT2D eigenvalue weighted by Crippen LogP contribution is -3.11. The number of ether oxygens (including phenoxy) is 1. The highest BCUT2D eigenvalue weighted by Gasteiger charge is 2.11. The van der Waals surface area contributed by atoms with E-state index in [0.717, 1.165) is 18.8 Å². The van der Waals surface area contributed by atoms with Gasteiger partial charge >= 0.3 is 0 Å². The molecule has 21 heavy (non-hydrogen) atoms. The molecule has 2 aromatic carbocycles. The van der Waals surface area contributed by atoms with E-state index in [0.29, 0.717) is 0 Å². The van der Waals surface area contributed by atoms with E-state index in [2.05, 4.69) is 42.5 Å². The molecule has 0 aromatic heterocycles. The molecule has 0 aliphatic carbocycles. The molecule has 0 bridgehead atoms. The summed E-state index contributed by atoms with van der Waals surface area (Å²) in [5.74, 6) is 1.03. The maximum Gasteiger partial charge on any atom is 0.127 e. The van der Waals surface area contributed by atoms with Crippen molar-refractivity contribution in [2.75, 3.05) is 26.2 Å². The molecule has 3 rings (SSSR count). The number of hydrogen-bond donors (Lipinski definition) is 1. The van der Waals surface area contributed by atoms with Gasteiger partial charge in [-0.05, 0) is 37.1 Å². The molecule has 0 unspecified atom stereocenters. The molecule has 0 spiro atoms. The Morgan fingerprint density at radius 1 is 0.857 bits per heavy atom. The third kappa shape index (κ3) is 3.98. The van der Waals surface area contributed by atoms with Crippen molar-refractivity contribution in [3.8, 4) is 5.75 Å². The van der Waals surface area contributed by atoms with E-state index < -0.39 is 0 Å². The molecule has 2 nitrogen and oxygen atoms in total. The second-order valence-corrected chi connectivity index (χ2v) is 6.09. The average Bonchev–Trinajstić information content (AvgIpc) is 2.80. The van der Waals surface area contributed by atoms with E-state index in [9.17, 15) is 0 Å². The molecule has 1 heterocycles. The van der Waals surface area contributed by atoms with E-state index in [1.807, 2.05) is 0 Å². The zero-order valence-corrected chi connectivity index (χ0v) is 12.8. The van der Waals surface area contributed by atoms with E-state index in [4.69, 9.17) is 4.74 Å². The lowest BCUT2D eigenvalue weighted by molar-refractivity contribution is -0.899. The zero-order valence-electron chi connectivity index (χ0n) is 12.8. The van der Waals surface area contributed by atoms with Crippen LogP contribution in [0.2, 0.25) is 0 Å². The summed E-state index contributed by atoms with van der Waals surface area (Å²) in [4.78, 5) is 1.77. The zero-order chi connectivity index (χ0) is 14.3. The summed E-state index contributed by atoms with van der Waals surface area (Å²) in [6, 6.07) is 14.8. The Balaban J connectivity index is 1.50. The molecule has 1 N–H and O–H groups in total. The number of fused-ring (bicyclic) bond motifs is 1. The Morgan fingerprint density at radius 2 is 1.62 bits per heavy atom. The first-order valence-electron chi connectivity index (χ1n) is 8.37. The number of likely N-dealkylation sites (tertiary alicyclic amines) is 1. The van der Waals surface area contributed by atoms with Crippen LogP contribution in [-0.2, 0) is 0 Å². The maximum absolute atomic E-state index is 6.03. The SMILES string of the molecule is c1ccc2c(OCCC[NH+]3CCCCCC3)cccc2c1. The third-order valence-corrected chi connectivity index (χ3v) is 4.49. The first-order valence-corrected chi connectivity index (χ1v) is 8.37. The Labute approximate surface area is 127 Å². The van der Waals surface area contributed by atoms with Gasteiger partial charge in [-0.2, -0.15) is 0 Å². The largest absolute Gasteiger partial charge is 0.493 e. The van der Waals surface area contributed by atoms with Crippen LogP contribution in [0.4, 0.5) is 0 Å². The van der Waals surface area contributed by atoms with Crippen LogP contribution in [-0.4, -0.2) is 26.2 Å². The van der Waals surface area contributed by atoms with Crippen LogP contribution in [0.1, 0.15) is 32.1 Å². The number of quaternary nitrogens is 1. The highest BCUT2D eigenvalue weighted by Crippen LogP contribution is 2.25. The average molecular weight is 284 g/mol. The summed E-state index contributed by atoms with van der Waals surface area (Å²) < 4.78 is 6.03. The summed E-state index contributed by atoms with van der Waals surface area (Å²) in [5.41, 5.74) is 0. The van der Waals surface area contributed by atoms with Gasteiger partial charge in [-0.1, -0.05) is 36.4 Å². The van der Waals surface area contributed by atoms with Crippen LogP contribution in [0, 0.1) is 0 Å². The van der Waals surface area contributed by atoms with E-state index in [-0.39, 0.29) is 0 Å². The number of nitrogens with one attached hydrogen (secondary N) is 1. The van der Waals surface area contributed by atoms with Crippen LogP contribution in [0.3, 0.4) is 0 Å². The summed E-state index contributed by atoms with van der Waals surface area (Å²) in [6.07, 6.45) is 6.81. The number of benzene rings is 2. The fourth-order valence-corrected chi connectivity index (χ4v) is 3.30. The standard InChI is InChI=1S/C19H25NO/c1-2-6-14-20(13-5-1)15-8-16-21-19-12-7-10-17-9-3-4-11-18(17)19/h3-4,7,9-12H,1-2,5-6,8,13-16H2/p+1.